The molecule has 2 atom stereocenters. The third kappa shape index (κ3) is 2.63. The number of fused-ring (bicyclic) bond motifs is 1. The third-order valence-electron chi connectivity index (χ3n) is 3.81. The van der Waals surface area contributed by atoms with Crippen LogP contribution in [0.15, 0.2) is 48.5 Å². The number of nitrogens with zero attached hydrogens (tertiary/aromatic N) is 1. The minimum absolute atomic E-state index is 0.353. The van der Waals surface area contributed by atoms with Crippen molar-refractivity contribution < 1.29 is 19.1 Å². The fraction of sp³-hybridized carbons (Fsp3) is 0.176. The number of rotatable bonds is 3. The van der Waals surface area contributed by atoms with Gasteiger partial charge in [0.25, 0.3) is 0 Å². The van der Waals surface area contributed by atoms with Gasteiger partial charge in [0, 0.05) is 0 Å². The molecule has 0 aromatic heterocycles. The number of benzene rings is 2. The second kappa shape index (κ2) is 5.72. The Kier molecular flexibility index (Phi) is 3.73. The topological polar surface area (TPSA) is 69.6 Å². The van der Waals surface area contributed by atoms with Crippen molar-refractivity contribution in [2.75, 3.05) is 10.2 Å². The van der Waals surface area contributed by atoms with Crippen molar-refractivity contribution in [3.8, 4) is 0 Å². The van der Waals surface area contributed by atoms with E-state index in [2.05, 4.69) is 5.32 Å². The summed E-state index contributed by atoms with van der Waals surface area (Å²) >= 11 is 0. The van der Waals surface area contributed by atoms with Crippen LogP contribution in [0.2, 0.25) is 0 Å². The average Bonchev–Trinajstić information content (AvgIpc) is 2.52. The van der Waals surface area contributed by atoms with Crippen LogP contribution in [0.25, 0.3) is 0 Å². The Morgan fingerprint density at radius 2 is 1.96 bits per heavy atom. The van der Waals surface area contributed by atoms with E-state index in [1.54, 1.807) is 37.3 Å². The molecule has 118 valence electrons. The lowest BCUT2D eigenvalue weighted by molar-refractivity contribution is -0.140. The van der Waals surface area contributed by atoms with E-state index in [4.69, 9.17) is 0 Å². The molecule has 0 radical (unpaired) electrons. The number of halogens is 1. The summed E-state index contributed by atoms with van der Waals surface area (Å²) in [5, 5.41) is 12.6. The zero-order chi connectivity index (χ0) is 16.6. The van der Waals surface area contributed by atoms with Crippen molar-refractivity contribution in [1.29, 1.82) is 0 Å². The molecule has 1 amide bonds. The van der Waals surface area contributed by atoms with E-state index < -0.39 is 23.9 Å². The molecule has 0 spiro atoms. The number of anilines is 2. The van der Waals surface area contributed by atoms with Crippen LogP contribution in [0.4, 0.5) is 15.8 Å². The number of hydrogen-bond donors (Lipinski definition) is 2. The van der Waals surface area contributed by atoms with Gasteiger partial charge in [0.2, 0.25) is 5.91 Å². The van der Waals surface area contributed by atoms with Gasteiger partial charge in [-0.05, 0) is 30.7 Å². The Hall–Kier alpha value is -2.89. The molecule has 0 fully saturated rings. The van der Waals surface area contributed by atoms with E-state index in [1.807, 2.05) is 0 Å². The SMILES string of the molecule is CC1Nc2cc(F)ccc2N(C(C(=O)O)c2ccccc2)C1=O. The maximum absolute atomic E-state index is 13.5. The Balaban J connectivity index is 2.16. The van der Waals surface area contributed by atoms with Gasteiger partial charge in [-0.2, -0.15) is 0 Å². The fourth-order valence-electron chi connectivity index (χ4n) is 2.76. The molecular formula is C17H15FN2O3. The van der Waals surface area contributed by atoms with Crippen molar-refractivity contribution in [3.05, 3.63) is 59.9 Å². The molecular weight excluding hydrogens is 299 g/mol. The van der Waals surface area contributed by atoms with E-state index in [0.717, 1.165) is 0 Å². The Labute approximate surface area is 132 Å². The first-order valence-electron chi connectivity index (χ1n) is 7.16. The summed E-state index contributed by atoms with van der Waals surface area (Å²) < 4.78 is 13.5. The van der Waals surface area contributed by atoms with Gasteiger partial charge in [0.1, 0.15) is 11.9 Å². The average molecular weight is 314 g/mol. The summed E-state index contributed by atoms with van der Waals surface area (Å²) in [6, 6.07) is 10.6. The van der Waals surface area contributed by atoms with Gasteiger partial charge in [0.05, 0.1) is 11.4 Å². The zero-order valence-electron chi connectivity index (χ0n) is 12.4. The summed E-state index contributed by atoms with van der Waals surface area (Å²) in [7, 11) is 0. The molecule has 1 heterocycles. The maximum Gasteiger partial charge on any atom is 0.331 e. The summed E-state index contributed by atoms with van der Waals surface area (Å²) in [5.41, 5.74) is 1.24. The minimum atomic E-state index is -1.17. The highest BCUT2D eigenvalue weighted by Gasteiger charge is 2.39. The van der Waals surface area contributed by atoms with Gasteiger partial charge in [-0.25, -0.2) is 9.18 Å². The summed E-state index contributed by atoms with van der Waals surface area (Å²) in [6.07, 6.45) is 0. The number of carbonyl (C=O) groups is 2. The number of amides is 1. The van der Waals surface area contributed by atoms with Crippen molar-refractivity contribution in [2.24, 2.45) is 0 Å². The minimum Gasteiger partial charge on any atom is -0.479 e. The van der Waals surface area contributed by atoms with E-state index in [1.165, 1.54) is 23.1 Å². The van der Waals surface area contributed by atoms with Gasteiger partial charge >= 0.3 is 5.97 Å². The number of carboxylic acids is 1. The van der Waals surface area contributed by atoms with Gasteiger partial charge in [0.15, 0.2) is 6.04 Å². The van der Waals surface area contributed by atoms with Crippen LogP contribution in [-0.2, 0) is 9.59 Å². The fourth-order valence-corrected chi connectivity index (χ4v) is 2.76. The molecule has 5 nitrogen and oxygen atoms in total. The lowest BCUT2D eigenvalue weighted by atomic mass is 10.0. The van der Waals surface area contributed by atoms with E-state index >= 15 is 0 Å². The van der Waals surface area contributed by atoms with Gasteiger partial charge < -0.3 is 10.4 Å². The molecule has 2 unspecified atom stereocenters. The van der Waals surface area contributed by atoms with Crippen molar-refractivity contribution in [2.45, 2.75) is 19.0 Å². The van der Waals surface area contributed by atoms with Gasteiger partial charge in [-0.3, -0.25) is 9.69 Å². The molecule has 3 rings (SSSR count). The number of nitrogens with one attached hydrogen (secondary N) is 1. The molecule has 0 aliphatic carbocycles. The largest absolute Gasteiger partial charge is 0.479 e. The van der Waals surface area contributed by atoms with Gasteiger partial charge in [-0.15, -0.1) is 0 Å². The number of carbonyl (C=O) groups excluding carboxylic acids is 1. The van der Waals surface area contributed by atoms with E-state index in [-0.39, 0.29) is 5.91 Å². The number of hydrogen-bond acceptors (Lipinski definition) is 3. The van der Waals surface area contributed by atoms with Crippen LogP contribution in [0.5, 0.6) is 0 Å². The second-order valence-electron chi connectivity index (χ2n) is 5.39. The predicted molar refractivity (Wildman–Crippen MR) is 83.8 cm³/mol. The Bertz CT molecular complexity index is 764. The smallest absolute Gasteiger partial charge is 0.331 e. The van der Waals surface area contributed by atoms with Crippen molar-refractivity contribution in [1.82, 2.24) is 0 Å². The first-order valence-corrected chi connectivity index (χ1v) is 7.16. The van der Waals surface area contributed by atoms with Crippen LogP contribution >= 0.6 is 0 Å². The summed E-state index contributed by atoms with van der Waals surface area (Å²) in [4.78, 5) is 25.7. The highest BCUT2D eigenvalue weighted by atomic mass is 19.1. The first kappa shape index (κ1) is 15.0. The zero-order valence-corrected chi connectivity index (χ0v) is 12.4. The lowest BCUT2D eigenvalue weighted by Gasteiger charge is -2.37. The van der Waals surface area contributed by atoms with E-state index in [9.17, 15) is 19.1 Å². The molecule has 2 aromatic rings. The molecule has 0 saturated heterocycles. The Morgan fingerprint density at radius 3 is 2.61 bits per heavy atom. The van der Waals surface area contributed by atoms with Crippen molar-refractivity contribution in [3.63, 3.8) is 0 Å². The standard InChI is InChI=1S/C17H15FN2O3/c1-10-16(21)20(14-8-7-12(18)9-13(14)19-10)15(17(22)23)11-5-3-2-4-6-11/h2-10,15,19H,1H3,(H,22,23). The molecule has 23 heavy (non-hydrogen) atoms. The van der Waals surface area contributed by atoms with Crippen molar-refractivity contribution >= 4 is 23.3 Å². The quantitative estimate of drug-likeness (QED) is 0.914. The van der Waals surface area contributed by atoms with Crippen LogP contribution in [0.3, 0.4) is 0 Å². The molecule has 2 aromatic carbocycles. The highest BCUT2D eigenvalue weighted by molar-refractivity contribution is 6.08. The summed E-state index contributed by atoms with van der Waals surface area (Å²) in [6.45, 7) is 1.62. The molecule has 0 saturated carbocycles. The molecule has 0 bridgehead atoms. The molecule has 2 N–H and O–H groups in total. The lowest BCUT2D eigenvalue weighted by Crippen LogP contribution is -2.49. The van der Waals surface area contributed by atoms with Gasteiger partial charge in [-0.1, -0.05) is 30.3 Å². The van der Waals surface area contributed by atoms with Crippen LogP contribution < -0.4 is 10.2 Å². The number of aliphatic carboxylic acids is 1. The van der Waals surface area contributed by atoms with Crippen LogP contribution in [0, 0.1) is 5.82 Å². The highest BCUT2D eigenvalue weighted by Crippen LogP contribution is 2.37. The monoisotopic (exact) mass is 314 g/mol. The third-order valence-corrected chi connectivity index (χ3v) is 3.81. The maximum atomic E-state index is 13.5. The number of carboxylic acid groups (broad SMARTS) is 1. The molecule has 1 aliphatic rings. The Morgan fingerprint density at radius 1 is 1.26 bits per heavy atom. The normalized spacial score (nSPS) is 18.1. The second-order valence-corrected chi connectivity index (χ2v) is 5.39. The predicted octanol–water partition coefficient (Wildman–Crippen LogP) is 2.80. The van der Waals surface area contributed by atoms with E-state index in [0.29, 0.717) is 16.9 Å². The molecule has 1 aliphatic heterocycles. The summed E-state index contributed by atoms with van der Waals surface area (Å²) in [5.74, 6) is -1.97. The van der Waals surface area contributed by atoms with Crippen LogP contribution in [0.1, 0.15) is 18.5 Å². The molecule has 6 heteroatoms. The van der Waals surface area contributed by atoms with Crippen LogP contribution in [-0.4, -0.2) is 23.0 Å². The first-order chi connectivity index (χ1) is 11.0.